The van der Waals surface area contributed by atoms with E-state index in [2.05, 4.69) is 5.32 Å². The molecule has 1 aliphatic heterocycles. The average Bonchev–Trinajstić information content (AvgIpc) is 3.21. The minimum Gasteiger partial charge on any atom is -0.383 e. The molecule has 0 atom stereocenters. The van der Waals surface area contributed by atoms with Gasteiger partial charge in [-0.2, -0.15) is 0 Å². The molecule has 1 aromatic carbocycles. The summed E-state index contributed by atoms with van der Waals surface area (Å²) in [6.07, 6.45) is 8.47. The van der Waals surface area contributed by atoms with Crippen molar-refractivity contribution in [3.8, 4) is 0 Å². The monoisotopic (exact) mass is 352 g/mol. The summed E-state index contributed by atoms with van der Waals surface area (Å²) in [6, 6.07) is 5.69. The molecule has 1 amide bonds. The molecule has 2 N–H and O–H groups in total. The topological polar surface area (TPSA) is 63.5 Å². The summed E-state index contributed by atoms with van der Waals surface area (Å²) < 4.78 is 7.10. The van der Waals surface area contributed by atoms with Crippen molar-refractivity contribution in [1.82, 2.24) is 4.57 Å². The van der Waals surface area contributed by atoms with Crippen LogP contribution in [0.2, 0.25) is 0 Å². The highest BCUT2D eigenvalue weighted by Crippen LogP contribution is 2.30. The lowest BCUT2D eigenvalue weighted by molar-refractivity contribution is -0.184. The number of amides is 1. The smallest absolute Gasteiger partial charge is 0.224 e. The molecule has 2 fully saturated rings. The van der Waals surface area contributed by atoms with Crippen molar-refractivity contribution in [1.29, 1.82) is 0 Å². The Morgan fingerprint density at radius 3 is 2.81 bits per heavy atom. The normalized spacial score (nSPS) is 19.6. The first-order valence-corrected chi connectivity index (χ1v) is 9.51. The van der Waals surface area contributed by atoms with E-state index in [0.717, 1.165) is 23.0 Å². The Labute approximate surface area is 155 Å². The first-order chi connectivity index (χ1) is 12.5. The molecular weight excluding hydrogens is 327 g/mol. The number of nitrogens with zero attached hydrogens (tertiary/aromatic N) is 1. The summed E-state index contributed by atoms with van der Waals surface area (Å²) in [5, 5.41) is 14.3. The third-order valence-electron chi connectivity index (χ3n) is 5.67. The molecule has 1 saturated heterocycles. The molecule has 0 unspecified atom stereocenters. The summed E-state index contributed by atoms with van der Waals surface area (Å²) in [6.45, 7) is 1.08. The first-order valence-electron chi connectivity index (χ1n) is 9.51. The lowest BCUT2D eigenvalue weighted by atomic mass is 9.92. The quantitative estimate of drug-likeness (QED) is 0.783. The first kappa shape index (κ1) is 17.6. The van der Waals surface area contributed by atoms with E-state index in [0.29, 0.717) is 37.6 Å². The number of aromatic nitrogens is 1. The van der Waals surface area contributed by atoms with Gasteiger partial charge in [-0.15, -0.1) is 0 Å². The molecule has 2 aliphatic rings. The Morgan fingerprint density at radius 2 is 2.12 bits per heavy atom. The van der Waals surface area contributed by atoms with E-state index in [1.54, 1.807) is 0 Å². The van der Waals surface area contributed by atoms with Crippen LogP contribution in [0.5, 0.6) is 0 Å². The van der Waals surface area contributed by atoms with Crippen LogP contribution in [0, 0.1) is 5.92 Å². The van der Waals surface area contributed by atoms with E-state index < -0.39 is 5.60 Å². The van der Waals surface area contributed by atoms with E-state index >= 15 is 0 Å². The maximum atomic E-state index is 12.5. The standard InChI is InChI=1S/C20H25BN2O3/c21-15-6-3-7-17-19(15)16(10-23(17)11-20(25)12-26-13-20)22-18(24)9-8-14-4-1-2-5-14/h3,6-7,10,14,25H,1-2,4-5,8-9,11-13H2,(H,22,24). The van der Waals surface area contributed by atoms with Crippen molar-refractivity contribution in [3.05, 3.63) is 24.4 Å². The van der Waals surface area contributed by atoms with Gasteiger partial charge in [0.25, 0.3) is 0 Å². The average molecular weight is 352 g/mol. The molecule has 0 spiro atoms. The van der Waals surface area contributed by atoms with Crippen LogP contribution < -0.4 is 10.8 Å². The molecule has 4 rings (SSSR count). The SMILES string of the molecule is [B]c1cccc2c1c(NC(=O)CCC1CCCC1)cn2CC1(O)COC1. The Kier molecular flexibility index (Phi) is 4.80. The molecule has 1 saturated carbocycles. The Morgan fingerprint density at radius 1 is 1.35 bits per heavy atom. The second kappa shape index (κ2) is 7.08. The molecule has 2 radical (unpaired) electrons. The van der Waals surface area contributed by atoms with Crippen LogP contribution in [0.1, 0.15) is 38.5 Å². The van der Waals surface area contributed by atoms with Crippen LogP contribution in [0.15, 0.2) is 24.4 Å². The predicted molar refractivity (Wildman–Crippen MR) is 103 cm³/mol. The van der Waals surface area contributed by atoms with Crippen LogP contribution in [-0.4, -0.2) is 42.2 Å². The van der Waals surface area contributed by atoms with Crippen molar-refractivity contribution in [2.24, 2.45) is 5.92 Å². The summed E-state index contributed by atoms with van der Waals surface area (Å²) in [7, 11) is 6.18. The van der Waals surface area contributed by atoms with E-state index in [4.69, 9.17) is 12.6 Å². The van der Waals surface area contributed by atoms with E-state index in [1.807, 2.05) is 29.0 Å². The van der Waals surface area contributed by atoms with Crippen molar-refractivity contribution in [3.63, 3.8) is 0 Å². The minimum atomic E-state index is -0.847. The molecule has 26 heavy (non-hydrogen) atoms. The number of carbonyl (C=O) groups excluding carboxylic acids is 1. The number of fused-ring (bicyclic) bond motifs is 1. The number of nitrogens with one attached hydrogen (secondary N) is 1. The number of rotatable bonds is 6. The Bertz CT molecular complexity index is 807. The van der Waals surface area contributed by atoms with Crippen LogP contribution in [-0.2, 0) is 16.1 Å². The predicted octanol–water partition coefficient (Wildman–Crippen LogP) is 2.11. The van der Waals surface area contributed by atoms with Crippen molar-refractivity contribution < 1.29 is 14.6 Å². The minimum absolute atomic E-state index is 0.0323. The van der Waals surface area contributed by atoms with E-state index in [9.17, 15) is 9.90 Å². The van der Waals surface area contributed by atoms with E-state index in [-0.39, 0.29) is 5.91 Å². The highest BCUT2D eigenvalue weighted by atomic mass is 16.5. The summed E-state index contributed by atoms with van der Waals surface area (Å²) in [5.41, 5.74) is 1.42. The maximum absolute atomic E-state index is 12.5. The third kappa shape index (κ3) is 3.53. The van der Waals surface area contributed by atoms with Crippen LogP contribution in [0.4, 0.5) is 5.69 Å². The van der Waals surface area contributed by atoms with Crippen molar-refractivity contribution >= 4 is 35.8 Å². The summed E-state index contributed by atoms with van der Waals surface area (Å²) >= 11 is 0. The molecular formula is C20H25BN2O3. The van der Waals surface area contributed by atoms with Crippen molar-refractivity contribution in [2.45, 2.75) is 50.7 Å². The largest absolute Gasteiger partial charge is 0.383 e. The van der Waals surface area contributed by atoms with Gasteiger partial charge in [0.2, 0.25) is 5.91 Å². The van der Waals surface area contributed by atoms with Gasteiger partial charge in [-0.25, -0.2) is 0 Å². The van der Waals surface area contributed by atoms with Crippen LogP contribution in [0.25, 0.3) is 10.9 Å². The number of benzene rings is 1. The lowest BCUT2D eigenvalue weighted by Crippen LogP contribution is -2.52. The molecule has 1 aromatic heterocycles. The maximum Gasteiger partial charge on any atom is 0.224 e. The summed E-state index contributed by atoms with van der Waals surface area (Å²) in [5.74, 6) is 0.727. The number of carbonyl (C=O) groups is 1. The van der Waals surface area contributed by atoms with Gasteiger partial charge in [-0.1, -0.05) is 43.3 Å². The number of ether oxygens (including phenoxy) is 1. The molecule has 0 bridgehead atoms. The van der Waals surface area contributed by atoms with Gasteiger partial charge >= 0.3 is 0 Å². The highest BCUT2D eigenvalue weighted by Gasteiger charge is 2.37. The van der Waals surface area contributed by atoms with Crippen LogP contribution >= 0.6 is 0 Å². The van der Waals surface area contributed by atoms with Gasteiger partial charge in [0, 0.05) is 23.5 Å². The fraction of sp³-hybridized carbons (Fsp3) is 0.550. The Balaban J connectivity index is 1.52. The number of anilines is 1. The number of aliphatic hydroxyl groups is 1. The van der Waals surface area contributed by atoms with Gasteiger partial charge in [0.1, 0.15) is 13.4 Å². The molecule has 1 aliphatic carbocycles. The van der Waals surface area contributed by atoms with Gasteiger partial charge < -0.3 is 19.7 Å². The zero-order valence-electron chi connectivity index (χ0n) is 15.0. The molecule has 136 valence electrons. The fourth-order valence-electron chi connectivity index (χ4n) is 4.20. The fourth-order valence-corrected chi connectivity index (χ4v) is 4.20. The van der Waals surface area contributed by atoms with Crippen molar-refractivity contribution in [2.75, 3.05) is 18.5 Å². The number of hydrogen-bond acceptors (Lipinski definition) is 3. The van der Waals surface area contributed by atoms with Gasteiger partial charge in [0.05, 0.1) is 25.4 Å². The van der Waals surface area contributed by atoms with Gasteiger partial charge in [-0.05, 0) is 18.4 Å². The van der Waals surface area contributed by atoms with Gasteiger partial charge in [-0.3, -0.25) is 4.79 Å². The summed E-state index contributed by atoms with van der Waals surface area (Å²) in [4.78, 5) is 12.5. The molecule has 2 aromatic rings. The zero-order chi connectivity index (χ0) is 18.1. The third-order valence-corrected chi connectivity index (χ3v) is 5.67. The second-order valence-corrected chi connectivity index (χ2v) is 7.87. The molecule has 6 heteroatoms. The van der Waals surface area contributed by atoms with Gasteiger partial charge in [0.15, 0.2) is 0 Å². The Hall–Kier alpha value is -1.79. The number of hydrogen-bond donors (Lipinski definition) is 2. The second-order valence-electron chi connectivity index (χ2n) is 7.87. The lowest BCUT2D eigenvalue weighted by Gasteiger charge is -2.36. The van der Waals surface area contributed by atoms with E-state index in [1.165, 1.54) is 25.7 Å². The highest BCUT2D eigenvalue weighted by molar-refractivity contribution is 6.40. The molecule has 2 heterocycles. The van der Waals surface area contributed by atoms with Crippen LogP contribution in [0.3, 0.4) is 0 Å². The molecule has 5 nitrogen and oxygen atoms in total. The zero-order valence-corrected chi connectivity index (χ0v) is 15.0.